The predicted molar refractivity (Wildman–Crippen MR) is 70.3 cm³/mol. The van der Waals surface area contributed by atoms with E-state index < -0.39 is 0 Å². The number of carbonyl (C=O) groups excluding carboxylic acids is 1. The zero-order chi connectivity index (χ0) is 12.4. The van der Waals surface area contributed by atoms with Crippen LogP contribution in [-0.4, -0.2) is 11.9 Å². The average molecular weight is 271 g/mol. The molecule has 90 valence electrons. The number of amides is 1. The summed E-state index contributed by atoms with van der Waals surface area (Å²) in [5.41, 5.74) is 6.22. The van der Waals surface area contributed by atoms with Crippen molar-refractivity contribution in [1.29, 1.82) is 0 Å². The molecule has 0 bridgehead atoms. The van der Waals surface area contributed by atoms with Gasteiger partial charge in [-0.25, -0.2) is 0 Å². The molecule has 2 atom stereocenters. The summed E-state index contributed by atoms with van der Waals surface area (Å²) in [6, 6.07) is 5.08. The lowest BCUT2D eigenvalue weighted by molar-refractivity contribution is -0.118. The minimum atomic E-state index is -0.194. The van der Waals surface area contributed by atoms with E-state index in [1.54, 1.807) is 18.2 Å². The third-order valence-corrected chi connectivity index (χ3v) is 3.48. The van der Waals surface area contributed by atoms with Crippen molar-refractivity contribution in [3.63, 3.8) is 0 Å². The van der Waals surface area contributed by atoms with E-state index in [0.717, 1.165) is 0 Å². The standard InChI is InChI=1S/C12H12Cl2N2O/c13-9-2-1-3-10(11(9)14)16-12(17)7-4-5-8(15)6-7/h1-5,7-8H,6,15H2,(H,16,17). The lowest BCUT2D eigenvalue weighted by Crippen LogP contribution is -2.24. The molecule has 0 heterocycles. The predicted octanol–water partition coefficient (Wildman–Crippen LogP) is 2.84. The van der Waals surface area contributed by atoms with Crippen molar-refractivity contribution in [3.8, 4) is 0 Å². The first-order valence-corrected chi connectivity index (χ1v) is 6.02. The molecular formula is C12H12Cl2N2O. The molecule has 2 unspecified atom stereocenters. The molecule has 0 fully saturated rings. The van der Waals surface area contributed by atoms with Crippen LogP contribution in [0.3, 0.4) is 0 Å². The molecule has 1 aliphatic carbocycles. The maximum absolute atomic E-state index is 11.9. The fraction of sp³-hybridized carbons (Fsp3) is 0.250. The highest BCUT2D eigenvalue weighted by atomic mass is 35.5. The van der Waals surface area contributed by atoms with Crippen molar-refractivity contribution in [2.45, 2.75) is 12.5 Å². The van der Waals surface area contributed by atoms with Crippen LogP contribution in [0.4, 0.5) is 5.69 Å². The molecule has 3 nitrogen and oxygen atoms in total. The van der Waals surface area contributed by atoms with Gasteiger partial charge in [-0.05, 0) is 18.6 Å². The van der Waals surface area contributed by atoms with Crippen molar-refractivity contribution < 1.29 is 4.79 Å². The molecule has 1 aromatic carbocycles. The van der Waals surface area contributed by atoms with E-state index in [1.807, 2.05) is 12.2 Å². The van der Waals surface area contributed by atoms with E-state index in [1.165, 1.54) is 0 Å². The van der Waals surface area contributed by atoms with Crippen LogP contribution in [0, 0.1) is 5.92 Å². The van der Waals surface area contributed by atoms with E-state index in [2.05, 4.69) is 5.32 Å². The van der Waals surface area contributed by atoms with Gasteiger partial charge in [0, 0.05) is 6.04 Å². The zero-order valence-corrected chi connectivity index (χ0v) is 10.5. The second kappa shape index (κ2) is 5.08. The smallest absolute Gasteiger partial charge is 0.231 e. The molecule has 0 spiro atoms. The second-order valence-corrected chi connectivity index (χ2v) is 4.77. The lowest BCUT2D eigenvalue weighted by Gasteiger charge is -2.12. The van der Waals surface area contributed by atoms with Gasteiger partial charge in [-0.1, -0.05) is 41.4 Å². The molecular weight excluding hydrogens is 259 g/mol. The highest BCUT2D eigenvalue weighted by molar-refractivity contribution is 6.44. The summed E-state index contributed by atoms with van der Waals surface area (Å²) in [5, 5.41) is 3.53. The second-order valence-electron chi connectivity index (χ2n) is 3.98. The Morgan fingerprint density at radius 3 is 2.76 bits per heavy atom. The molecule has 0 saturated heterocycles. The molecule has 5 heteroatoms. The summed E-state index contributed by atoms with van der Waals surface area (Å²) in [6.45, 7) is 0. The lowest BCUT2D eigenvalue weighted by atomic mass is 10.1. The van der Waals surface area contributed by atoms with Gasteiger partial charge in [-0.3, -0.25) is 4.79 Å². The Balaban J connectivity index is 2.09. The number of carbonyl (C=O) groups is 1. The maximum Gasteiger partial charge on any atom is 0.231 e. The SMILES string of the molecule is NC1C=CC(C(=O)Nc2cccc(Cl)c2Cl)C1. The minimum Gasteiger partial charge on any atom is -0.324 e. The molecule has 0 aliphatic heterocycles. The van der Waals surface area contributed by atoms with Gasteiger partial charge in [-0.15, -0.1) is 0 Å². The Hall–Kier alpha value is -1.03. The van der Waals surface area contributed by atoms with E-state index >= 15 is 0 Å². The normalized spacial score (nSPS) is 22.8. The number of anilines is 1. The van der Waals surface area contributed by atoms with Gasteiger partial charge in [0.2, 0.25) is 5.91 Å². The third kappa shape index (κ3) is 2.80. The van der Waals surface area contributed by atoms with Gasteiger partial charge in [-0.2, -0.15) is 0 Å². The summed E-state index contributed by atoms with van der Waals surface area (Å²) >= 11 is 11.8. The summed E-state index contributed by atoms with van der Waals surface area (Å²) in [4.78, 5) is 11.9. The number of halogens is 2. The van der Waals surface area contributed by atoms with Crippen molar-refractivity contribution >= 4 is 34.8 Å². The first-order chi connectivity index (χ1) is 8.08. The van der Waals surface area contributed by atoms with Crippen LogP contribution in [0.5, 0.6) is 0 Å². The van der Waals surface area contributed by atoms with Crippen LogP contribution in [0.1, 0.15) is 6.42 Å². The van der Waals surface area contributed by atoms with Crippen LogP contribution in [0.25, 0.3) is 0 Å². The fourth-order valence-electron chi connectivity index (χ4n) is 1.75. The average Bonchev–Trinajstić information content (AvgIpc) is 2.72. The van der Waals surface area contributed by atoms with Crippen LogP contribution in [0.2, 0.25) is 10.0 Å². The monoisotopic (exact) mass is 270 g/mol. The first-order valence-electron chi connectivity index (χ1n) is 5.26. The zero-order valence-electron chi connectivity index (χ0n) is 8.99. The summed E-state index contributed by atoms with van der Waals surface area (Å²) in [6.07, 6.45) is 4.28. The van der Waals surface area contributed by atoms with Crippen molar-refractivity contribution in [1.82, 2.24) is 0 Å². The van der Waals surface area contributed by atoms with Crippen LogP contribution in [0.15, 0.2) is 30.4 Å². The molecule has 0 aromatic heterocycles. The Labute approximate surface area is 110 Å². The highest BCUT2D eigenvalue weighted by Gasteiger charge is 2.23. The number of hydrogen-bond donors (Lipinski definition) is 2. The quantitative estimate of drug-likeness (QED) is 0.812. The molecule has 2 rings (SSSR count). The Morgan fingerprint density at radius 1 is 1.35 bits per heavy atom. The maximum atomic E-state index is 11.9. The van der Waals surface area contributed by atoms with Gasteiger partial charge in [0.1, 0.15) is 0 Å². The molecule has 0 saturated carbocycles. The molecule has 1 aromatic rings. The molecule has 3 N–H and O–H groups in total. The fourth-order valence-corrected chi connectivity index (χ4v) is 2.10. The number of hydrogen-bond acceptors (Lipinski definition) is 2. The number of rotatable bonds is 2. The van der Waals surface area contributed by atoms with Gasteiger partial charge in [0.15, 0.2) is 0 Å². The number of nitrogens with two attached hydrogens (primary N) is 1. The Bertz CT molecular complexity index is 474. The summed E-state index contributed by atoms with van der Waals surface area (Å²) < 4.78 is 0. The molecule has 1 aliphatic rings. The van der Waals surface area contributed by atoms with E-state index in [-0.39, 0.29) is 17.9 Å². The van der Waals surface area contributed by atoms with E-state index in [0.29, 0.717) is 22.2 Å². The van der Waals surface area contributed by atoms with Crippen molar-refractivity contribution in [2.24, 2.45) is 11.7 Å². The van der Waals surface area contributed by atoms with Crippen LogP contribution in [-0.2, 0) is 4.79 Å². The van der Waals surface area contributed by atoms with Gasteiger partial charge >= 0.3 is 0 Å². The summed E-state index contributed by atoms with van der Waals surface area (Å²) in [5.74, 6) is -0.307. The molecule has 1 amide bonds. The van der Waals surface area contributed by atoms with E-state index in [9.17, 15) is 4.79 Å². The Kier molecular flexibility index (Phi) is 3.72. The minimum absolute atomic E-state index is 0.0411. The third-order valence-electron chi connectivity index (χ3n) is 2.66. The van der Waals surface area contributed by atoms with Crippen molar-refractivity contribution in [2.75, 3.05) is 5.32 Å². The largest absolute Gasteiger partial charge is 0.324 e. The number of nitrogens with one attached hydrogen (secondary N) is 1. The topological polar surface area (TPSA) is 55.1 Å². The first kappa shape index (κ1) is 12.4. The Morgan fingerprint density at radius 2 is 2.12 bits per heavy atom. The van der Waals surface area contributed by atoms with Gasteiger partial charge in [0.25, 0.3) is 0 Å². The summed E-state index contributed by atoms with van der Waals surface area (Å²) in [7, 11) is 0. The van der Waals surface area contributed by atoms with Crippen LogP contribution >= 0.6 is 23.2 Å². The van der Waals surface area contributed by atoms with Gasteiger partial charge < -0.3 is 11.1 Å². The van der Waals surface area contributed by atoms with Crippen LogP contribution < -0.4 is 11.1 Å². The number of benzene rings is 1. The molecule has 0 radical (unpaired) electrons. The van der Waals surface area contributed by atoms with Gasteiger partial charge in [0.05, 0.1) is 21.7 Å². The molecule has 17 heavy (non-hydrogen) atoms. The van der Waals surface area contributed by atoms with Crippen molar-refractivity contribution in [3.05, 3.63) is 40.4 Å². The van der Waals surface area contributed by atoms with E-state index in [4.69, 9.17) is 28.9 Å². The highest BCUT2D eigenvalue weighted by Crippen LogP contribution is 2.30.